The van der Waals surface area contributed by atoms with Crippen LogP contribution < -0.4 is 5.73 Å². The first-order valence-electron chi connectivity index (χ1n) is 5.16. The SMILES string of the molecule is CC(O)Cn1ccc2ccc(CN)cc21. The zero-order valence-electron chi connectivity index (χ0n) is 8.85. The van der Waals surface area contributed by atoms with Gasteiger partial charge in [0.25, 0.3) is 0 Å². The van der Waals surface area contributed by atoms with Gasteiger partial charge in [0.15, 0.2) is 0 Å². The lowest BCUT2D eigenvalue weighted by Gasteiger charge is -2.08. The molecule has 0 bridgehead atoms. The molecule has 0 radical (unpaired) electrons. The maximum Gasteiger partial charge on any atom is 0.0691 e. The van der Waals surface area contributed by atoms with Crippen molar-refractivity contribution in [3.63, 3.8) is 0 Å². The Balaban J connectivity index is 2.46. The molecule has 1 unspecified atom stereocenters. The van der Waals surface area contributed by atoms with Crippen LogP contribution in [0.2, 0.25) is 0 Å². The fraction of sp³-hybridized carbons (Fsp3) is 0.333. The molecule has 0 saturated heterocycles. The Morgan fingerprint density at radius 1 is 1.40 bits per heavy atom. The molecule has 3 heteroatoms. The van der Waals surface area contributed by atoms with E-state index in [4.69, 9.17) is 5.73 Å². The summed E-state index contributed by atoms with van der Waals surface area (Å²) < 4.78 is 2.05. The fourth-order valence-electron chi connectivity index (χ4n) is 1.80. The molecule has 2 aromatic rings. The first kappa shape index (κ1) is 10.2. The zero-order valence-corrected chi connectivity index (χ0v) is 8.85. The van der Waals surface area contributed by atoms with Crippen LogP contribution in [0, 0.1) is 0 Å². The van der Waals surface area contributed by atoms with Crippen LogP contribution in [0.15, 0.2) is 30.5 Å². The smallest absolute Gasteiger partial charge is 0.0691 e. The fourth-order valence-corrected chi connectivity index (χ4v) is 1.80. The van der Waals surface area contributed by atoms with E-state index in [1.54, 1.807) is 6.92 Å². The summed E-state index contributed by atoms with van der Waals surface area (Å²) in [7, 11) is 0. The predicted octanol–water partition coefficient (Wildman–Crippen LogP) is 1.48. The second-order valence-electron chi connectivity index (χ2n) is 3.91. The van der Waals surface area contributed by atoms with Crippen molar-refractivity contribution in [2.24, 2.45) is 5.73 Å². The van der Waals surface area contributed by atoms with Crippen LogP contribution >= 0.6 is 0 Å². The van der Waals surface area contributed by atoms with Gasteiger partial charge in [-0.3, -0.25) is 0 Å². The molecular formula is C12H16N2O. The van der Waals surface area contributed by atoms with Crippen molar-refractivity contribution in [2.75, 3.05) is 0 Å². The van der Waals surface area contributed by atoms with E-state index >= 15 is 0 Å². The number of hydrogen-bond acceptors (Lipinski definition) is 2. The maximum absolute atomic E-state index is 9.36. The third-order valence-electron chi connectivity index (χ3n) is 2.53. The summed E-state index contributed by atoms with van der Waals surface area (Å²) in [6, 6.07) is 8.24. The van der Waals surface area contributed by atoms with Gasteiger partial charge in [-0.1, -0.05) is 12.1 Å². The van der Waals surface area contributed by atoms with Crippen LogP contribution in [0.4, 0.5) is 0 Å². The van der Waals surface area contributed by atoms with Crippen molar-refractivity contribution >= 4 is 10.9 Å². The molecule has 1 heterocycles. The average Bonchev–Trinajstić information content (AvgIpc) is 2.60. The summed E-state index contributed by atoms with van der Waals surface area (Å²) in [6.45, 7) is 2.96. The molecule has 3 N–H and O–H groups in total. The highest BCUT2D eigenvalue weighted by Crippen LogP contribution is 2.17. The second kappa shape index (κ2) is 4.04. The van der Waals surface area contributed by atoms with Gasteiger partial charge < -0.3 is 15.4 Å². The Hall–Kier alpha value is -1.32. The van der Waals surface area contributed by atoms with Crippen LogP contribution in [0.25, 0.3) is 10.9 Å². The van der Waals surface area contributed by atoms with Crippen LogP contribution in [0.1, 0.15) is 12.5 Å². The van der Waals surface area contributed by atoms with E-state index in [2.05, 4.69) is 22.8 Å². The van der Waals surface area contributed by atoms with Gasteiger partial charge in [-0.15, -0.1) is 0 Å². The topological polar surface area (TPSA) is 51.2 Å². The Bertz CT molecular complexity index is 460. The van der Waals surface area contributed by atoms with Gasteiger partial charge in [0.1, 0.15) is 0 Å². The van der Waals surface area contributed by atoms with Crippen LogP contribution in [0.5, 0.6) is 0 Å². The van der Waals surface area contributed by atoms with Crippen LogP contribution in [0.3, 0.4) is 0 Å². The van der Waals surface area contributed by atoms with E-state index < -0.39 is 0 Å². The number of hydrogen-bond donors (Lipinski definition) is 2. The van der Waals surface area contributed by atoms with Crippen molar-refractivity contribution in [1.29, 1.82) is 0 Å². The lowest BCUT2D eigenvalue weighted by molar-refractivity contribution is 0.175. The van der Waals surface area contributed by atoms with E-state index in [1.807, 2.05) is 12.3 Å². The third-order valence-corrected chi connectivity index (χ3v) is 2.53. The molecule has 0 aliphatic carbocycles. The number of nitrogens with zero attached hydrogens (tertiary/aromatic N) is 1. The van der Waals surface area contributed by atoms with Gasteiger partial charge in [0.05, 0.1) is 6.10 Å². The summed E-state index contributed by atoms with van der Waals surface area (Å²) in [5.41, 5.74) is 7.86. The van der Waals surface area contributed by atoms with E-state index in [0.29, 0.717) is 13.1 Å². The maximum atomic E-state index is 9.36. The molecule has 1 aromatic carbocycles. The number of aliphatic hydroxyl groups is 1. The molecule has 80 valence electrons. The minimum atomic E-state index is -0.331. The minimum Gasteiger partial charge on any atom is -0.392 e. The number of rotatable bonds is 3. The molecule has 0 spiro atoms. The van der Waals surface area contributed by atoms with Gasteiger partial charge in [-0.25, -0.2) is 0 Å². The number of nitrogens with two attached hydrogens (primary N) is 1. The monoisotopic (exact) mass is 204 g/mol. The van der Waals surface area contributed by atoms with E-state index in [0.717, 1.165) is 11.1 Å². The highest BCUT2D eigenvalue weighted by molar-refractivity contribution is 5.80. The lowest BCUT2D eigenvalue weighted by atomic mass is 10.1. The summed E-state index contributed by atoms with van der Waals surface area (Å²) >= 11 is 0. The standard InChI is InChI=1S/C12H16N2O/c1-9(15)8-14-5-4-11-3-2-10(7-13)6-12(11)14/h2-6,9,15H,7-8,13H2,1H3. The quantitative estimate of drug-likeness (QED) is 0.795. The van der Waals surface area contributed by atoms with Crippen molar-refractivity contribution in [3.05, 3.63) is 36.0 Å². The Kier molecular flexibility index (Phi) is 2.75. The normalized spacial score (nSPS) is 13.3. The summed E-state index contributed by atoms with van der Waals surface area (Å²) in [5.74, 6) is 0. The summed E-state index contributed by atoms with van der Waals surface area (Å²) in [5, 5.41) is 10.6. The van der Waals surface area contributed by atoms with E-state index in [1.165, 1.54) is 5.39 Å². The van der Waals surface area contributed by atoms with Gasteiger partial charge in [0, 0.05) is 24.8 Å². The van der Waals surface area contributed by atoms with Crippen molar-refractivity contribution < 1.29 is 5.11 Å². The van der Waals surface area contributed by atoms with Crippen molar-refractivity contribution in [1.82, 2.24) is 4.57 Å². The highest BCUT2D eigenvalue weighted by atomic mass is 16.3. The number of aromatic nitrogens is 1. The lowest BCUT2D eigenvalue weighted by Crippen LogP contribution is -2.10. The highest BCUT2D eigenvalue weighted by Gasteiger charge is 2.03. The first-order valence-corrected chi connectivity index (χ1v) is 5.16. The average molecular weight is 204 g/mol. The zero-order chi connectivity index (χ0) is 10.8. The van der Waals surface area contributed by atoms with Crippen molar-refractivity contribution in [3.8, 4) is 0 Å². The molecule has 1 aromatic heterocycles. The number of benzene rings is 1. The van der Waals surface area contributed by atoms with Crippen LogP contribution in [-0.2, 0) is 13.1 Å². The van der Waals surface area contributed by atoms with Gasteiger partial charge in [-0.2, -0.15) is 0 Å². The third kappa shape index (κ3) is 2.03. The Morgan fingerprint density at radius 3 is 2.87 bits per heavy atom. The number of aliphatic hydroxyl groups excluding tert-OH is 1. The second-order valence-corrected chi connectivity index (χ2v) is 3.91. The molecule has 0 aliphatic rings. The minimum absolute atomic E-state index is 0.331. The summed E-state index contributed by atoms with van der Waals surface area (Å²) in [4.78, 5) is 0. The molecule has 1 atom stereocenters. The molecule has 0 fully saturated rings. The predicted molar refractivity (Wildman–Crippen MR) is 61.5 cm³/mol. The van der Waals surface area contributed by atoms with Gasteiger partial charge in [0.2, 0.25) is 0 Å². The van der Waals surface area contributed by atoms with Crippen LogP contribution in [-0.4, -0.2) is 15.8 Å². The van der Waals surface area contributed by atoms with E-state index in [9.17, 15) is 5.11 Å². The molecular weight excluding hydrogens is 188 g/mol. The van der Waals surface area contributed by atoms with Gasteiger partial charge in [-0.05, 0) is 30.0 Å². The molecule has 3 nitrogen and oxygen atoms in total. The molecule has 2 rings (SSSR count). The van der Waals surface area contributed by atoms with Crippen molar-refractivity contribution in [2.45, 2.75) is 26.1 Å². The number of fused-ring (bicyclic) bond motifs is 1. The molecule has 0 aliphatic heterocycles. The Morgan fingerprint density at radius 2 is 2.20 bits per heavy atom. The largest absolute Gasteiger partial charge is 0.392 e. The van der Waals surface area contributed by atoms with Gasteiger partial charge >= 0.3 is 0 Å². The Labute approximate surface area is 89.1 Å². The summed E-state index contributed by atoms with van der Waals surface area (Å²) in [6.07, 6.45) is 1.67. The molecule has 15 heavy (non-hydrogen) atoms. The molecule has 0 amide bonds. The molecule has 0 saturated carbocycles. The first-order chi connectivity index (χ1) is 7.20. The van der Waals surface area contributed by atoms with E-state index in [-0.39, 0.29) is 6.10 Å².